The Kier molecular flexibility index (Phi) is 4.94. The lowest BCUT2D eigenvalue weighted by molar-refractivity contribution is -0.135. The zero-order valence-corrected chi connectivity index (χ0v) is 15.2. The lowest BCUT2D eigenvalue weighted by Crippen LogP contribution is -2.31. The highest BCUT2D eigenvalue weighted by Gasteiger charge is 2.35. The second-order valence-corrected chi connectivity index (χ2v) is 6.57. The molecule has 0 fully saturated rings. The van der Waals surface area contributed by atoms with E-state index in [2.05, 4.69) is 5.10 Å². The van der Waals surface area contributed by atoms with Gasteiger partial charge >= 0.3 is 0 Å². The van der Waals surface area contributed by atoms with Crippen LogP contribution >= 0.6 is 11.6 Å². The van der Waals surface area contributed by atoms with Gasteiger partial charge in [-0.1, -0.05) is 41.9 Å². The number of rotatable bonds is 5. The van der Waals surface area contributed by atoms with Crippen LogP contribution in [0.25, 0.3) is 0 Å². The summed E-state index contributed by atoms with van der Waals surface area (Å²) in [6.07, 6.45) is 2.16. The summed E-state index contributed by atoms with van der Waals surface area (Å²) >= 11 is 5.97. The number of carbonyl (C=O) groups is 1. The largest absolute Gasteiger partial charge is 0.484 e. The Hall–Kier alpha value is -3.05. The van der Waals surface area contributed by atoms with Gasteiger partial charge in [0.15, 0.2) is 6.61 Å². The third-order valence-corrected chi connectivity index (χ3v) is 4.57. The molecule has 1 amide bonds. The van der Waals surface area contributed by atoms with Crippen molar-refractivity contribution in [2.75, 3.05) is 6.61 Å². The van der Waals surface area contributed by atoms with Gasteiger partial charge in [-0.25, -0.2) is 5.01 Å². The first-order valence-corrected chi connectivity index (χ1v) is 8.95. The molecule has 2 aromatic carbocycles. The number of carbonyl (C=O) groups excluding carboxylic acids is 1. The minimum Gasteiger partial charge on any atom is -0.484 e. The third kappa shape index (κ3) is 3.88. The summed E-state index contributed by atoms with van der Waals surface area (Å²) in [5.74, 6) is 1.10. The van der Waals surface area contributed by atoms with Gasteiger partial charge < -0.3 is 9.15 Å². The summed E-state index contributed by atoms with van der Waals surface area (Å²) in [4.78, 5) is 12.8. The van der Waals surface area contributed by atoms with Crippen molar-refractivity contribution in [1.82, 2.24) is 5.01 Å². The Morgan fingerprint density at radius 3 is 2.59 bits per heavy atom. The molecule has 1 atom stereocenters. The SMILES string of the molecule is O=C(COc1ccccc1)N1N=C(c2ccc(Cl)cc2)C[C@H]1c1ccco1. The first-order chi connectivity index (χ1) is 13.2. The van der Waals surface area contributed by atoms with Crippen molar-refractivity contribution in [3.05, 3.63) is 89.3 Å². The van der Waals surface area contributed by atoms with E-state index >= 15 is 0 Å². The van der Waals surface area contributed by atoms with Crippen LogP contribution in [0, 0.1) is 0 Å². The van der Waals surface area contributed by atoms with Gasteiger partial charge in [0.1, 0.15) is 17.6 Å². The molecule has 0 spiro atoms. The number of furan rings is 1. The maximum atomic E-state index is 12.8. The van der Waals surface area contributed by atoms with Gasteiger partial charge in [0.2, 0.25) is 0 Å². The van der Waals surface area contributed by atoms with Crippen LogP contribution in [0.4, 0.5) is 0 Å². The molecule has 0 unspecified atom stereocenters. The molecule has 0 saturated heterocycles. The minimum atomic E-state index is -0.294. The molecular weight excluding hydrogens is 364 g/mol. The van der Waals surface area contributed by atoms with E-state index in [4.69, 9.17) is 20.8 Å². The number of hydrazone groups is 1. The molecule has 0 radical (unpaired) electrons. The summed E-state index contributed by atoms with van der Waals surface area (Å²) in [7, 11) is 0. The fourth-order valence-electron chi connectivity index (χ4n) is 2.99. The van der Waals surface area contributed by atoms with E-state index in [0.717, 1.165) is 11.3 Å². The normalized spacial score (nSPS) is 16.3. The van der Waals surface area contributed by atoms with E-state index in [1.807, 2.05) is 60.7 Å². The molecule has 0 aliphatic carbocycles. The zero-order valence-electron chi connectivity index (χ0n) is 14.4. The Morgan fingerprint density at radius 1 is 1.11 bits per heavy atom. The zero-order chi connectivity index (χ0) is 18.6. The van der Waals surface area contributed by atoms with Crippen LogP contribution in [-0.4, -0.2) is 23.2 Å². The fourth-order valence-corrected chi connectivity index (χ4v) is 3.11. The monoisotopic (exact) mass is 380 g/mol. The van der Waals surface area contributed by atoms with Crippen LogP contribution in [0.5, 0.6) is 5.75 Å². The predicted octanol–water partition coefficient (Wildman–Crippen LogP) is 4.69. The minimum absolute atomic E-state index is 0.0986. The topological polar surface area (TPSA) is 55.0 Å². The number of halogens is 1. The van der Waals surface area contributed by atoms with Crippen molar-refractivity contribution in [3.63, 3.8) is 0 Å². The van der Waals surface area contributed by atoms with Gasteiger partial charge in [0, 0.05) is 11.4 Å². The number of nitrogens with zero attached hydrogens (tertiary/aromatic N) is 2. The number of benzene rings is 2. The van der Waals surface area contributed by atoms with Crippen LogP contribution in [0.1, 0.15) is 23.8 Å². The molecule has 6 heteroatoms. The lowest BCUT2D eigenvalue weighted by atomic mass is 10.0. The molecule has 3 aromatic rings. The Labute approximate surface area is 161 Å². The molecule has 0 N–H and O–H groups in total. The van der Waals surface area contributed by atoms with Crippen LogP contribution < -0.4 is 4.74 Å². The van der Waals surface area contributed by atoms with Crippen LogP contribution in [0.15, 0.2) is 82.5 Å². The maximum Gasteiger partial charge on any atom is 0.281 e. The Morgan fingerprint density at radius 2 is 1.89 bits per heavy atom. The van der Waals surface area contributed by atoms with E-state index < -0.39 is 0 Å². The number of hydrogen-bond acceptors (Lipinski definition) is 4. The Balaban J connectivity index is 1.55. The fraction of sp³-hybridized carbons (Fsp3) is 0.143. The van der Waals surface area contributed by atoms with E-state index in [-0.39, 0.29) is 18.6 Å². The quantitative estimate of drug-likeness (QED) is 0.645. The lowest BCUT2D eigenvalue weighted by Gasteiger charge is -2.19. The number of amides is 1. The van der Waals surface area contributed by atoms with Crippen molar-refractivity contribution < 1.29 is 13.9 Å². The third-order valence-electron chi connectivity index (χ3n) is 4.32. The summed E-state index contributed by atoms with van der Waals surface area (Å²) in [6, 6.07) is 20.0. The van der Waals surface area contributed by atoms with Crippen LogP contribution in [-0.2, 0) is 4.79 Å². The number of para-hydroxylation sites is 1. The molecular formula is C21H17ClN2O3. The first kappa shape index (κ1) is 17.4. The summed E-state index contributed by atoms with van der Waals surface area (Å²) < 4.78 is 11.1. The molecule has 5 nitrogen and oxygen atoms in total. The molecule has 4 rings (SSSR count). The highest BCUT2D eigenvalue weighted by molar-refractivity contribution is 6.30. The average molecular weight is 381 g/mol. The van der Waals surface area contributed by atoms with Gasteiger partial charge in [-0.3, -0.25) is 4.79 Å². The van der Waals surface area contributed by atoms with Crippen molar-refractivity contribution >= 4 is 23.2 Å². The summed E-state index contributed by atoms with van der Waals surface area (Å²) in [5.41, 5.74) is 1.73. The van der Waals surface area contributed by atoms with Gasteiger partial charge in [-0.15, -0.1) is 0 Å². The van der Waals surface area contributed by atoms with Crippen LogP contribution in [0.2, 0.25) is 5.02 Å². The molecule has 1 aliphatic heterocycles. The maximum absolute atomic E-state index is 12.8. The van der Waals surface area contributed by atoms with Crippen molar-refractivity contribution in [3.8, 4) is 5.75 Å². The highest BCUT2D eigenvalue weighted by atomic mass is 35.5. The molecule has 1 aliphatic rings. The molecule has 136 valence electrons. The molecule has 0 bridgehead atoms. The Bertz CT molecular complexity index is 937. The molecule has 27 heavy (non-hydrogen) atoms. The summed E-state index contributed by atoms with van der Waals surface area (Å²) in [5, 5.41) is 6.66. The second-order valence-electron chi connectivity index (χ2n) is 6.13. The standard InChI is InChI=1S/C21H17ClN2O3/c22-16-10-8-15(9-11-16)18-13-19(20-7-4-12-26-20)24(23-18)21(25)14-27-17-5-2-1-3-6-17/h1-12,19H,13-14H2/t19-/m0/s1. The average Bonchev–Trinajstić information content (AvgIpc) is 3.37. The number of hydrogen-bond donors (Lipinski definition) is 0. The van der Waals surface area contributed by atoms with Crippen molar-refractivity contribution in [2.24, 2.45) is 5.10 Å². The smallest absolute Gasteiger partial charge is 0.281 e. The van der Waals surface area contributed by atoms with Crippen LogP contribution in [0.3, 0.4) is 0 Å². The molecule has 1 aromatic heterocycles. The second kappa shape index (κ2) is 7.68. The van der Waals surface area contributed by atoms with Gasteiger partial charge in [0.05, 0.1) is 12.0 Å². The number of ether oxygens (including phenoxy) is 1. The summed E-state index contributed by atoms with van der Waals surface area (Å²) in [6.45, 7) is -0.0986. The molecule has 0 saturated carbocycles. The van der Waals surface area contributed by atoms with E-state index in [0.29, 0.717) is 23.0 Å². The van der Waals surface area contributed by atoms with Crippen molar-refractivity contribution in [1.29, 1.82) is 0 Å². The first-order valence-electron chi connectivity index (χ1n) is 8.57. The molecule has 2 heterocycles. The van der Waals surface area contributed by atoms with Gasteiger partial charge in [-0.2, -0.15) is 5.10 Å². The van der Waals surface area contributed by atoms with Crippen molar-refractivity contribution in [2.45, 2.75) is 12.5 Å². The highest BCUT2D eigenvalue weighted by Crippen LogP contribution is 2.33. The van der Waals surface area contributed by atoms with E-state index in [9.17, 15) is 4.79 Å². The van der Waals surface area contributed by atoms with E-state index in [1.54, 1.807) is 12.3 Å². The predicted molar refractivity (Wildman–Crippen MR) is 103 cm³/mol. The van der Waals surface area contributed by atoms with E-state index in [1.165, 1.54) is 5.01 Å². The van der Waals surface area contributed by atoms with Gasteiger partial charge in [0.25, 0.3) is 5.91 Å². The van der Waals surface area contributed by atoms with Gasteiger partial charge in [-0.05, 0) is 42.0 Å².